The summed E-state index contributed by atoms with van der Waals surface area (Å²) in [5.41, 5.74) is 0. The standard InChI is InChI=1S/C26H52N2/c1-4-7-9-11-12-13-14-15-16-17-18-19-21-23-28-25-24-27(26(28)6-3)22-20-10-8-5-2/h24-26H,4-23H2,1-3H3. The predicted molar refractivity (Wildman–Crippen MR) is 126 cm³/mol. The highest BCUT2D eigenvalue weighted by Crippen LogP contribution is 2.21. The molecule has 0 bridgehead atoms. The van der Waals surface area contributed by atoms with E-state index in [-0.39, 0.29) is 0 Å². The Morgan fingerprint density at radius 2 is 0.786 bits per heavy atom. The van der Waals surface area contributed by atoms with E-state index in [1.807, 2.05) is 0 Å². The lowest BCUT2D eigenvalue weighted by molar-refractivity contribution is 0.144. The minimum atomic E-state index is 0.624. The minimum Gasteiger partial charge on any atom is -0.356 e. The van der Waals surface area contributed by atoms with Crippen LogP contribution in [0.1, 0.15) is 136 Å². The summed E-state index contributed by atoms with van der Waals surface area (Å²) in [6.45, 7) is 9.42. The van der Waals surface area contributed by atoms with Crippen LogP contribution in [0.3, 0.4) is 0 Å². The van der Waals surface area contributed by atoms with Crippen LogP contribution in [0.2, 0.25) is 0 Å². The third-order valence-corrected chi connectivity index (χ3v) is 6.37. The molecule has 0 saturated heterocycles. The zero-order valence-corrected chi connectivity index (χ0v) is 19.8. The molecule has 0 aliphatic carbocycles. The fourth-order valence-electron chi connectivity index (χ4n) is 4.51. The first kappa shape index (κ1) is 25.4. The predicted octanol–water partition coefficient (Wildman–Crippen LogP) is 8.48. The van der Waals surface area contributed by atoms with E-state index in [0.717, 1.165) is 0 Å². The van der Waals surface area contributed by atoms with E-state index in [2.05, 4.69) is 43.0 Å². The first-order valence-corrected chi connectivity index (χ1v) is 13.0. The molecule has 1 aliphatic rings. The van der Waals surface area contributed by atoms with Crippen molar-refractivity contribution in [2.45, 2.75) is 143 Å². The molecule has 1 aliphatic heterocycles. The number of unbranched alkanes of at least 4 members (excludes halogenated alkanes) is 15. The molecule has 1 rings (SSSR count). The zero-order valence-electron chi connectivity index (χ0n) is 19.8. The maximum absolute atomic E-state index is 2.60. The van der Waals surface area contributed by atoms with E-state index < -0.39 is 0 Å². The molecule has 1 atom stereocenters. The Morgan fingerprint density at radius 3 is 1.14 bits per heavy atom. The van der Waals surface area contributed by atoms with Crippen molar-refractivity contribution in [3.63, 3.8) is 0 Å². The first-order chi connectivity index (χ1) is 13.8. The van der Waals surface area contributed by atoms with Crippen molar-refractivity contribution in [2.75, 3.05) is 13.1 Å². The lowest BCUT2D eigenvalue weighted by Crippen LogP contribution is -2.38. The van der Waals surface area contributed by atoms with Crippen LogP contribution in [-0.2, 0) is 0 Å². The van der Waals surface area contributed by atoms with Gasteiger partial charge in [-0.25, -0.2) is 0 Å². The Hall–Kier alpha value is -0.660. The molecule has 1 heterocycles. The topological polar surface area (TPSA) is 6.48 Å². The third kappa shape index (κ3) is 12.0. The average Bonchev–Trinajstić information content (AvgIpc) is 3.10. The van der Waals surface area contributed by atoms with Gasteiger partial charge in [0.2, 0.25) is 0 Å². The minimum absolute atomic E-state index is 0.624. The van der Waals surface area contributed by atoms with Crippen molar-refractivity contribution < 1.29 is 0 Å². The third-order valence-electron chi connectivity index (χ3n) is 6.37. The monoisotopic (exact) mass is 392 g/mol. The fourth-order valence-corrected chi connectivity index (χ4v) is 4.51. The van der Waals surface area contributed by atoms with Crippen LogP contribution in [-0.4, -0.2) is 29.1 Å². The summed E-state index contributed by atoms with van der Waals surface area (Å²) in [5.74, 6) is 0. The Kier molecular flexibility index (Phi) is 16.7. The molecule has 0 saturated carbocycles. The number of nitrogens with zero attached hydrogens (tertiary/aromatic N) is 2. The fraction of sp³-hybridized carbons (Fsp3) is 0.923. The Labute approximate surface area is 178 Å². The number of rotatable bonds is 20. The van der Waals surface area contributed by atoms with Crippen molar-refractivity contribution in [1.29, 1.82) is 0 Å². The molecular formula is C26H52N2. The van der Waals surface area contributed by atoms with Crippen LogP contribution < -0.4 is 0 Å². The van der Waals surface area contributed by atoms with Gasteiger partial charge in [0, 0.05) is 25.5 Å². The molecule has 2 nitrogen and oxygen atoms in total. The molecule has 0 radical (unpaired) electrons. The molecule has 166 valence electrons. The summed E-state index contributed by atoms with van der Waals surface area (Å²) in [5, 5.41) is 0. The maximum Gasteiger partial charge on any atom is 0.100 e. The van der Waals surface area contributed by atoms with Gasteiger partial charge in [0.05, 0.1) is 0 Å². The van der Waals surface area contributed by atoms with Gasteiger partial charge in [-0.15, -0.1) is 0 Å². The summed E-state index contributed by atoms with van der Waals surface area (Å²) in [6, 6.07) is 0. The molecule has 0 aromatic carbocycles. The SMILES string of the molecule is CCCCCCCCCCCCCCCN1C=CN(CCCCCC)C1CC. The van der Waals surface area contributed by atoms with E-state index in [4.69, 9.17) is 0 Å². The molecule has 1 unspecified atom stereocenters. The smallest absolute Gasteiger partial charge is 0.100 e. The van der Waals surface area contributed by atoms with Gasteiger partial charge in [-0.3, -0.25) is 0 Å². The molecule has 0 aromatic rings. The van der Waals surface area contributed by atoms with Crippen molar-refractivity contribution in [3.05, 3.63) is 12.4 Å². The largest absolute Gasteiger partial charge is 0.356 e. The summed E-state index contributed by atoms with van der Waals surface area (Å²) in [4.78, 5) is 5.18. The number of hydrogen-bond acceptors (Lipinski definition) is 2. The summed E-state index contributed by atoms with van der Waals surface area (Å²) in [6.07, 6.45) is 30.7. The van der Waals surface area contributed by atoms with Gasteiger partial charge in [-0.05, 0) is 19.3 Å². The lowest BCUT2D eigenvalue weighted by Gasteiger charge is -2.32. The number of hydrogen-bond donors (Lipinski definition) is 0. The van der Waals surface area contributed by atoms with Crippen LogP contribution in [0.4, 0.5) is 0 Å². The van der Waals surface area contributed by atoms with E-state index in [9.17, 15) is 0 Å². The van der Waals surface area contributed by atoms with Gasteiger partial charge < -0.3 is 9.80 Å². The van der Waals surface area contributed by atoms with Gasteiger partial charge in [-0.1, -0.05) is 117 Å². The molecule has 2 heteroatoms. The van der Waals surface area contributed by atoms with Crippen LogP contribution in [0, 0.1) is 0 Å². The molecule has 28 heavy (non-hydrogen) atoms. The lowest BCUT2D eigenvalue weighted by atomic mass is 10.0. The van der Waals surface area contributed by atoms with Crippen LogP contribution in [0.25, 0.3) is 0 Å². The van der Waals surface area contributed by atoms with Gasteiger partial charge in [-0.2, -0.15) is 0 Å². The Balaban J connectivity index is 1.93. The highest BCUT2D eigenvalue weighted by atomic mass is 15.4. The van der Waals surface area contributed by atoms with Gasteiger partial charge in [0.1, 0.15) is 6.17 Å². The maximum atomic E-state index is 2.60. The molecule has 0 spiro atoms. The summed E-state index contributed by atoms with van der Waals surface area (Å²) < 4.78 is 0. The molecule has 0 N–H and O–H groups in total. The van der Waals surface area contributed by atoms with E-state index in [0.29, 0.717) is 6.17 Å². The van der Waals surface area contributed by atoms with Crippen LogP contribution in [0.15, 0.2) is 12.4 Å². The quantitative estimate of drug-likeness (QED) is 0.192. The highest BCUT2D eigenvalue weighted by molar-refractivity contribution is 4.96. The van der Waals surface area contributed by atoms with Crippen molar-refractivity contribution in [2.24, 2.45) is 0 Å². The second kappa shape index (κ2) is 18.4. The van der Waals surface area contributed by atoms with E-state index in [1.165, 1.54) is 129 Å². The average molecular weight is 393 g/mol. The van der Waals surface area contributed by atoms with Gasteiger partial charge in [0.15, 0.2) is 0 Å². The van der Waals surface area contributed by atoms with Crippen LogP contribution in [0.5, 0.6) is 0 Å². The molecule has 0 fully saturated rings. The molecular weight excluding hydrogens is 340 g/mol. The summed E-state index contributed by atoms with van der Waals surface area (Å²) in [7, 11) is 0. The van der Waals surface area contributed by atoms with Crippen molar-refractivity contribution in [3.8, 4) is 0 Å². The van der Waals surface area contributed by atoms with Crippen LogP contribution >= 0.6 is 0 Å². The zero-order chi connectivity index (χ0) is 20.3. The normalized spacial score (nSPS) is 16.5. The summed E-state index contributed by atoms with van der Waals surface area (Å²) >= 11 is 0. The Bertz CT molecular complexity index is 352. The van der Waals surface area contributed by atoms with Crippen molar-refractivity contribution >= 4 is 0 Å². The molecule has 0 aromatic heterocycles. The van der Waals surface area contributed by atoms with E-state index >= 15 is 0 Å². The van der Waals surface area contributed by atoms with Gasteiger partial charge >= 0.3 is 0 Å². The molecule has 0 amide bonds. The Morgan fingerprint density at radius 1 is 0.464 bits per heavy atom. The van der Waals surface area contributed by atoms with Gasteiger partial charge in [0.25, 0.3) is 0 Å². The first-order valence-electron chi connectivity index (χ1n) is 13.0. The second-order valence-corrected chi connectivity index (χ2v) is 8.97. The highest BCUT2D eigenvalue weighted by Gasteiger charge is 2.23. The second-order valence-electron chi connectivity index (χ2n) is 8.97. The van der Waals surface area contributed by atoms with Crippen molar-refractivity contribution in [1.82, 2.24) is 9.80 Å². The van der Waals surface area contributed by atoms with E-state index in [1.54, 1.807) is 0 Å².